The first-order valence-electron chi connectivity index (χ1n) is 9.38. The van der Waals surface area contributed by atoms with Crippen molar-refractivity contribution < 1.29 is 0 Å². The van der Waals surface area contributed by atoms with Gasteiger partial charge in [-0.15, -0.1) is 25.3 Å². The van der Waals surface area contributed by atoms with Crippen LogP contribution in [0.5, 0.6) is 0 Å². The molecule has 0 aliphatic heterocycles. The van der Waals surface area contributed by atoms with Gasteiger partial charge in [0, 0.05) is 47.4 Å². The van der Waals surface area contributed by atoms with Gasteiger partial charge in [-0.2, -0.15) is 0 Å². The summed E-state index contributed by atoms with van der Waals surface area (Å²) in [6, 6.07) is 17.1. The SMILES string of the molecule is CCN(CC)c1ccc(/C(S)=C(/S)c2ccc(N(CC)CC)cc2)cc1. The predicted octanol–water partition coefficient (Wildman–Crippen LogP) is 6.06. The zero-order chi connectivity index (χ0) is 19.1. The third-order valence-electron chi connectivity index (χ3n) is 4.76. The van der Waals surface area contributed by atoms with Gasteiger partial charge in [0.15, 0.2) is 0 Å². The molecule has 2 nitrogen and oxygen atoms in total. The summed E-state index contributed by atoms with van der Waals surface area (Å²) >= 11 is 9.48. The normalized spacial score (nSPS) is 11.9. The molecule has 0 radical (unpaired) electrons. The van der Waals surface area contributed by atoms with Gasteiger partial charge in [0.2, 0.25) is 0 Å². The summed E-state index contributed by atoms with van der Waals surface area (Å²) in [4.78, 5) is 6.46. The quantitative estimate of drug-likeness (QED) is 0.420. The Kier molecular flexibility index (Phi) is 7.98. The smallest absolute Gasteiger partial charge is 0.0366 e. The summed E-state index contributed by atoms with van der Waals surface area (Å²) in [6.07, 6.45) is 0. The van der Waals surface area contributed by atoms with Crippen molar-refractivity contribution in [2.45, 2.75) is 27.7 Å². The van der Waals surface area contributed by atoms with Crippen LogP contribution in [0.15, 0.2) is 48.5 Å². The Morgan fingerprint density at radius 2 is 0.846 bits per heavy atom. The van der Waals surface area contributed by atoms with Crippen LogP contribution >= 0.6 is 25.3 Å². The summed E-state index contributed by atoms with van der Waals surface area (Å²) in [6.45, 7) is 12.7. The number of hydrogen-bond donors (Lipinski definition) is 2. The molecular formula is C22H30N2S2. The Morgan fingerprint density at radius 1 is 0.577 bits per heavy atom. The number of thiol groups is 2. The molecule has 26 heavy (non-hydrogen) atoms. The number of benzene rings is 2. The molecule has 0 unspecified atom stereocenters. The summed E-state index contributed by atoms with van der Waals surface area (Å²) in [5.74, 6) is 0. The number of anilines is 2. The maximum absolute atomic E-state index is 4.74. The van der Waals surface area contributed by atoms with Gasteiger partial charge >= 0.3 is 0 Å². The minimum atomic E-state index is 0.898. The van der Waals surface area contributed by atoms with Crippen LogP contribution < -0.4 is 9.80 Å². The van der Waals surface area contributed by atoms with Crippen LogP contribution in [0, 0.1) is 0 Å². The van der Waals surface area contributed by atoms with Gasteiger partial charge in [-0.3, -0.25) is 0 Å². The van der Waals surface area contributed by atoms with Gasteiger partial charge in [-0.1, -0.05) is 24.3 Å². The average Bonchev–Trinajstić information content (AvgIpc) is 2.70. The van der Waals surface area contributed by atoms with Crippen LogP contribution in [-0.2, 0) is 0 Å². The summed E-state index contributed by atoms with van der Waals surface area (Å²) in [5.41, 5.74) is 4.65. The minimum Gasteiger partial charge on any atom is -0.372 e. The van der Waals surface area contributed by atoms with Gasteiger partial charge in [0.1, 0.15) is 0 Å². The molecule has 0 N–H and O–H groups in total. The van der Waals surface area contributed by atoms with Crippen LogP contribution in [-0.4, -0.2) is 26.2 Å². The van der Waals surface area contributed by atoms with Crippen molar-refractivity contribution in [3.8, 4) is 0 Å². The molecule has 2 rings (SSSR count). The van der Waals surface area contributed by atoms with E-state index in [1.807, 2.05) is 0 Å². The van der Waals surface area contributed by atoms with E-state index in [1.54, 1.807) is 0 Å². The fourth-order valence-corrected chi connectivity index (χ4v) is 3.67. The molecule has 2 aromatic carbocycles. The van der Waals surface area contributed by atoms with Crippen molar-refractivity contribution in [1.82, 2.24) is 0 Å². The molecule has 0 heterocycles. The largest absolute Gasteiger partial charge is 0.372 e. The Bertz CT molecular complexity index is 649. The van der Waals surface area contributed by atoms with E-state index in [2.05, 4.69) is 86.0 Å². The molecule has 0 aliphatic carbocycles. The van der Waals surface area contributed by atoms with E-state index in [9.17, 15) is 0 Å². The molecule has 4 heteroatoms. The Labute approximate surface area is 169 Å². The third-order valence-corrected chi connectivity index (χ3v) is 5.90. The highest BCUT2D eigenvalue weighted by atomic mass is 32.1. The Balaban J connectivity index is 2.25. The van der Waals surface area contributed by atoms with E-state index in [0.717, 1.165) is 47.1 Å². The number of nitrogens with zero attached hydrogens (tertiary/aromatic N) is 2. The topological polar surface area (TPSA) is 6.48 Å². The highest BCUT2D eigenvalue weighted by Gasteiger charge is 2.08. The first-order chi connectivity index (χ1) is 12.5. The molecule has 0 spiro atoms. The predicted molar refractivity (Wildman–Crippen MR) is 125 cm³/mol. The highest BCUT2D eigenvalue weighted by molar-refractivity contribution is 7.96. The second kappa shape index (κ2) is 9.98. The molecule has 0 amide bonds. The lowest BCUT2D eigenvalue weighted by Gasteiger charge is -2.21. The summed E-state index contributed by atoms with van der Waals surface area (Å²) in [7, 11) is 0. The van der Waals surface area contributed by atoms with Gasteiger partial charge in [0.05, 0.1) is 0 Å². The van der Waals surface area contributed by atoms with Crippen LogP contribution in [0.4, 0.5) is 11.4 Å². The molecule has 2 aromatic rings. The van der Waals surface area contributed by atoms with Gasteiger partial charge in [-0.25, -0.2) is 0 Å². The lowest BCUT2D eigenvalue weighted by Crippen LogP contribution is -2.21. The summed E-state index contributed by atoms with van der Waals surface area (Å²) in [5, 5.41) is 0. The van der Waals surface area contributed by atoms with E-state index in [0.29, 0.717) is 0 Å². The van der Waals surface area contributed by atoms with Crippen molar-refractivity contribution in [2.24, 2.45) is 0 Å². The van der Waals surface area contributed by atoms with E-state index < -0.39 is 0 Å². The van der Waals surface area contributed by atoms with Gasteiger partial charge in [0.25, 0.3) is 0 Å². The molecule has 0 aliphatic rings. The molecule has 0 atom stereocenters. The van der Waals surface area contributed by atoms with Crippen LogP contribution in [0.2, 0.25) is 0 Å². The molecule has 140 valence electrons. The zero-order valence-corrected chi connectivity index (χ0v) is 18.0. The molecule has 0 fully saturated rings. The zero-order valence-electron chi connectivity index (χ0n) is 16.2. The van der Waals surface area contributed by atoms with Gasteiger partial charge < -0.3 is 9.80 Å². The molecular weight excluding hydrogens is 356 g/mol. The van der Waals surface area contributed by atoms with Crippen molar-refractivity contribution >= 4 is 46.4 Å². The van der Waals surface area contributed by atoms with Crippen molar-refractivity contribution in [3.63, 3.8) is 0 Å². The van der Waals surface area contributed by atoms with Crippen molar-refractivity contribution in [3.05, 3.63) is 59.7 Å². The standard InChI is InChI=1S/C22H30N2S2/c1-5-23(6-2)19-13-9-17(10-14-19)21(25)22(26)18-11-15-20(16-12-18)24(7-3)8-4/h9-16,25-26H,5-8H2,1-4H3/b22-21-. The third kappa shape index (κ3) is 4.80. The van der Waals surface area contributed by atoms with E-state index in [-0.39, 0.29) is 0 Å². The lowest BCUT2D eigenvalue weighted by molar-refractivity contribution is 0.866. The molecule has 0 bridgehead atoms. The highest BCUT2D eigenvalue weighted by Crippen LogP contribution is 2.33. The van der Waals surface area contributed by atoms with E-state index in [1.165, 1.54) is 11.4 Å². The Morgan fingerprint density at radius 3 is 1.08 bits per heavy atom. The van der Waals surface area contributed by atoms with Crippen molar-refractivity contribution in [2.75, 3.05) is 36.0 Å². The second-order valence-electron chi connectivity index (χ2n) is 6.14. The fraction of sp³-hybridized carbons (Fsp3) is 0.364. The second-order valence-corrected chi connectivity index (χ2v) is 7.03. The molecule has 0 saturated carbocycles. The van der Waals surface area contributed by atoms with E-state index >= 15 is 0 Å². The monoisotopic (exact) mass is 386 g/mol. The van der Waals surface area contributed by atoms with Crippen LogP contribution in [0.25, 0.3) is 9.81 Å². The summed E-state index contributed by atoms with van der Waals surface area (Å²) < 4.78 is 0. The van der Waals surface area contributed by atoms with Crippen molar-refractivity contribution in [1.29, 1.82) is 0 Å². The first-order valence-corrected chi connectivity index (χ1v) is 10.3. The van der Waals surface area contributed by atoms with E-state index in [4.69, 9.17) is 25.3 Å². The lowest BCUT2D eigenvalue weighted by atomic mass is 10.1. The van der Waals surface area contributed by atoms with Crippen LogP contribution in [0.1, 0.15) is 38.8 Å². The van der Waals surface area contributed by atoms with Gasteiger partial charge in [-0.05, 0) is 63.1 Å². The Hall–Kier alpha value is -1.52. The minimum absolute atomic E-state index is 0.898. The molecule has 0 aromatic heterocycles. The average molecular weight is 387 g/mol. The maximum Gasteiger partial charge on any atom is 0.0366 e. The molecule has 0 saturated heterocycles. The van der Waals surface area contributed by atoms with Crippen LogP contribution in [0.3, 0.4) is 0 Å². The number of rotatable bonds is 8. The number of hydrogen-bond acceptors (Lipinski definition) is 4. The fourth-order valence-electron chi connectivity index (χ4n) is 3.11. The maximum atomic E-state index is 4.74. The first kappa shape index (κ1) is 20.8.